The molecular formula is C37H75NO3. The first-order valence-electron chi connectivity index (χ1n) is 18.7. The summed E-state index contributed by atoms with van der Waals surface area (Å²) in [5.41, 5.74) is 0. The van der Waals surface area contributed by atoms with Crippen molar-refractivity contribution in [3.05, 3.63) is 0 Å². The van der Waals surface area contributed by atoms with Crippen molar-refractivity contribution in [2.75, 3.05) is 26.3 Å². The first-order chi connectivity index (χ1) is 20.2. The van der Waals surface area contributed by atoms with Crippen molar-refractivity contribution < 1.29 is 14.6 Å². The highest BCUT2D eigenvalue weighted by molar-refractivity contribution is 5.76. The quantitative estimate of drug-likeness (QED) is 0.0769. The molecule has 0 spiro atoms. The molecule has 4 heteroatoms. The molecular weight excluding hydrogens is 506 g/mol. The zero-order chi connectivity index (χ0) is 30.1. The Kier molecular flexibility index (Phi) is 33.4. The van der Waals surface area contributed by atoms with E-state index in [9.17, 15) is 9.90 Å². The zero-order valence-electron chi connectivity index (χ0n) is 28.4. The number of carbonyl (C=O) groups is 1. The molecule has 0 aliphatic carbocycles. The molecule has 0 aliphatic heterocycles. The van der Waals surface area contributed by atoms with Crippen LogP contribution < -0.4 is 0 Å². The highest BCUT2D eigenvalue weighted by Crippen LogP contribution is 2.16. The van der Waals surface area contributed by atoms with Gasteiger partial charge in [-0.2, -0.15) is 0 Å². The molecule has 0 aromatic heterocycles. The van der Waals surface area contributed by atoms with E-state index in [4.69, 9.17) is 4.74 Å². The Morgan fingerprint density at radius 3 is 1.39 bits per heavy atom. The van der Waals surface area contributed by atoms with Crippen LogP contribution in [0, 0.1) is 0 Å². The van der Waals surface area contributed by atoms with Gasteiger partial charge in [-0.3, -0.25) is 4.79 Å². The summed E-state index contributed by atoms with van der Waals surface area (Å²) < 4.78 is 6.17. The third-order valence-electron chi connectivity index (χ3n) is 8.73. The van der Waals surface area contributed by atoms with Crippen LogP contribution in [0.2, 0.25) is 0 Å². The molecule has 0 saturated heterocycles. The van der Waals surface area contributed by atoms with Crippen LogP contribution in [0.4, 0.5) is 0 Å². The van der Waals surface area contributed by atoms with Crippen molar-refractivity contribution in [3.63, 3.8) is 0 Å². The second-order valence-electron chi connectivity index (χ2n) is 12.7. The van der Waals surface area contributed by atoms with Crippen LogP contribution in [-0.2, 0) is 9.53 Å². The molecule has 0 heterocycles. The zero-order valence-corrected chi connectivity index (χ0v) is 28.4. The molecule has 4 nitrogen and oxygen atoms in total. The lowest BCUT2D eigenvalue weighted by atomic mass is 10.0. The van der Waals surface area contributed by atoms with E-state index < -0.39 is 0 Å². The smallest absolute Gasteiger partial charge is 0.222 e. The van der Waals surface area contributed by atoms with E-state index in [0.29, 0.717) is 32.2 Å². The van der Waals surface area contributed by atoms with Crippen molar-refractivity contribution in [1.29, 1.82) is 0 Å². The van der Waals surface area contributed by atoms with Crippen molar-refractivity contribution in [2.45, 2.75) is 207 Å². The summed E-state index contributed by atoms with van der Waals surface area (Å²) in [4.78, 5) is 14.6. The molecule has 0 aromatic rings. The van der Waals surface area contributed by atoms with E-state index in [-0.39, 0.29) is 12.5 Å². The summed E-state index contributed by atoms with van der Waals surface area (Å²) in [6.45, 7) is 8.69. The number of aliphatic hydroxyl groups is 1. The number of ether oxygens (including phenoxy) is 1. The Morgan fingerprint density at radius 2 is 0.976 bits per heavy atom. The minimum atomic E-state index is 0.0433. The number of nitrogens with zero attached hydrogens (tertiary/aromatic N) is 1. The molecule has 0 saturated carbocycles. The van der Waals surface area contributed by atoms with Crippen LogP contribution in [0.3, 0.4) is 0 Å². The normalized spacial score (nSPS) is 12.2. The molecule has 0 radical (unpaired) electrons. The topological polar surface area (TPSA) is 49.8 Å². The molecule has 1 atom stereocenters. The average Bonchev–Trinajstić information content (AvgIpc) is 2.98. The lowest BCUT2D eigenvalue weighted by molar-refractivity contribution is -0.132. The molecule has 0 aliphatic rings. The first kappa shape index (κ1) is 40.4. The van der Waals surface area contributed by atoms with Crippen molar-refractivity contribution in [2.24, 2.45) is 0 Å². The van der Waals surface area contributed by atoms with Gasteiger partial charge in [0.15, 0.2) is 0 Å². The van der Waals surface area contributed by atoms with Gasteiger partial charge in [0.2, 0.25) is 5.91 Å². The van der Waals surface area contributed by atoms with Crippen molar-refractivity contribution >= 4 is 5.91 Å². The monoisotopic (exact) mass is 582 g/mol. The molecule has 0 bridgehead atoms. The van der Waals surface area contributed by atoms with Crippen LogP contribution in [-0.4, -0.2) is 48.3 Å². The van der Waals surface area contributed by atoms with Gasteiger partial charge in [-0.25, -0.2) is 0 Å². The van der Waals surface area contributed by atoms with Crippen LogP contribution in [0.25, 0.3) is 0 Å². The number of hydrogen-bond donors (Lipinski definition) is 1. The number of aliphatic hydroxyl groups excluding tert-OH is 1. The lowest BCUT2D eigenvalue weighted by Crippen LogP contribution is -2.35. The largest absolute Gasteiger partial charge is 0.395 e. The van der Waals surface area contributed by atoms with Gasteiger partial charge in [-0.1, -0.05) is 168 Å². The lowest BCUT2D eigenvalue weighted by Gasteiger charge is -2.23. The fraction of sp³-hybridized carbons (Fsp3) is 0.973. The summed E-state index contributed by atoms with van der Waals surface area (Å²) in [6, 6.07) is 0. The Bertz CT molecular complexity index is 512. The average molecular weight is 582 g/mol. The summed E-state index contributed by atoms with van der Waals surface area (Å²) in [6.07, 6.45) is 36.4. The SMILES string of the molecule is CCCCCCCCCCCCCCCC(=O)N(CCO)CCCOC(CC)CCCCCCCCCCCCC. The summed E-state index contributed by atoms with van der Waals surface area (Å²) in [5.74, 6) is 0.204. The maximum atomic E-state index is 12.7. The van der Waals surface area contributed by atoms with E-state index in [0.717, 1.165) is 32.1 Å². The minimum absolute atomic E-state index is 0.0433. The standard InChI is InChI=1S/C37H75NO3/c1-4-7-9-11-13-15-17-18-20-22-24-26-28-31-37(40)38(33-34-39)32-29-35-41-36(6-3)30-27-25-23-21-19-16-14-12-10-8-5-2/h36,39H,4-35H2,1-3H3. The maximum Gasteiger partial charge on any atom is 0.222 e. The van der Waals surface area contributed by atoms with Crippen LogP contribution in [0.5, 0.6) is 0 Å². The Labute approximate surface area is 258 Å². The fourth-order valence-electron chi connectivity index (χ4n) is 5.88. The Morgan fingerprint density at radius 1 is 0.561 bits per heavy atom. The van der Waals surface area contributed by atoms with E-state index in [2.05, 4.69) is 20.8 Å². The van der Waals surface area contributed by atoms with Gasteiger partial charge in [0.1, 0.15) is 0 Å². The summed E-state index contributed by atoms with van der Waals surface area (Å²) in [5, 5.41) is 9.46. The third-order valence-corrected chi connectivity index (χ3v) is 8.73. The highest BCUT2D eigenvalue weighted by Gasteiger charge is 2.13. The minimum Gasteiger partial charge on any atom is -0.395 e. The van der Waals surface area contributed by atoms with Crippen LogP contribution in [0.1, 0.15) is 201 Å². The van der Waals surface area contributed by atoms with Crippen LogP contribution in [0.15, 0.2) is 0 Å². The molecule has 246 valence electrons. The molecule has 0 fully saturated rings. The molecule has 41 heavy (non-hydrogen) atoms. The van der Waals surface area contributed by atoms with Gasteiger partial charge in [-0.15, -0.1) is 0 Å². The third kappa shape index (κ3) is 29.2. The van der Waals surface area contributed by atoms with Gasteiger partial charge < -0.3 is 14.7 Å². The number of unbranched alkanes of at least 4 members (excludes halogenated alkanes) is 22. The van der Waals surface area contributed by atoms with Crippen molar-refractivity contribution in [3.8, 4) is 0 Å². The van der Waals surface area contributed by atoms with Gasteiger partial charge in [0, 0.05) is 26.1 Å². The number of carbonyl (C=O) groups excluding carboxylic acids is 1. The number of hydrogen-bond acceptors (Lipinski definition) is 3. The number of amides is 1. The molecule has 1 unspecified atom stereocenters. The Hall–Kier alpha value is -0.610. The summed E-state index contributed by atoms with van der Waals surface area (Å²) in [7, 11) is 0. The second-order valence-corrected chi connectivity index (χ2v) is 12.7. The van der Waals surface area contributed by atoms with E-state index in [1.54, 1.807) is 0 Å². The molecule has 1 amide bonds. The second kappa shape index (κ2) is 33.9. The van der Waals surface area contributed by atoms with Gasteiger partial charge in [-0.05, 0) is 25.7 Å². The van der Waals surface area contributed by atoms with Crippen molar-refractivity contribution in [1.82, 2.24) is 4.90 Å². The van der Waals surface area contributed by atoms with Crippen LogP contribution >= 0.6 is 0 Å². The molecule has 1 N–H and O–H groups in total. The van der Waals surface area contributed by atoms with Gasteiger partial charge >= 0.3 is 0 Å². The van der Waals surface area contributed by atoms with Gasteiger partial charge in [0.25, 0.3) is 0 Å². The van der Waals surface area contributed by atoms with E-state index in [1.165, 1.54) is 141 Å². The van der Waals surface area contributed by atoms with E-state index in [1.807, 2.05) is 4.90 Å². The first-order valence-corrected chi connectivity index (χ1v) is 18.7. The maximum absolute atomic E-state index is 12.7. The molecule has 0 aromatic carbocycles. The predicted octanol–water partition coefficient (Wildman–Crippen LogP) is 11.2. The predicted molar refractivity (Wildman–Crippen MR) is 180 cm³/mol. The fourth-order valence-corrected chi connectivity index (χ4v) is 5.88. The summed E-state index contributed by atoms with van der Waals surface area (Å²) >= 11 is 0. The number of rotatable bonds is 34. The highest BCUT2D eigenvalue weighted by atomic mass is 16.5. The van der Waals surface area contributed by atoms with E-state index >= 15 is 0 Å². The van der Waals surface area contributed by atoms with Gasteiger partial charge in [0.05, 0.1) is 12.7 Å². The Balaban J connectivity index is 3.74. The molecule has 0 rings (SSSR count).